The van der Waals surface area contributed by atoms with E-state index in [1.807, 2.05) is 68.4 Å². The number of piperazine rings is 1. The van der Waals surface area contributed by atoms with Gasteiger partial charge in [0.2, 0.25) is 23.6 Å². The number of amides is 4. The minimum absolute atomic E-state index is 0.00874. The Morgan fingerprint density at radius 3 is 2.41 bits per heavy atom. The number of methoxy groups -OCH3 is 1. The molecule has 3 atom stereocenters. The van der Waals surface area contributed by atoms with E-state index < -0.39 is 41.2 Å². The summed E-state index contributed by atoms with van der Waals surface area (Å²) in [5, 5.41) is 20.2. The van der Waals surface area contributed by atoms with Crippen LogP contribution in [0, 0.1) is 18.2 Å². The van der Waals surface area contributed by atoms with Gasteiger partial charge in [-0.3, -0.25) is 24.1 Å². The van der Waals surface area contributed by atoms with Gasteiger partial charge in [-0.25, -0.2) is 19.3 Å². The van der Waals surface area contributed by atoms with Gasteiger partial charge in [-0.05, 0) is 54.2 Å². The van der Waals surface area contributed by atoms with E-state index in [0.717, 1.165) is 34.7 Å². The summed E-state index contributed by atoms with van der Waals surface area (Å²) in [6, 6.07) is 13.9. The van der Waals surface area contributed by atoms with Gasteiger partial charge in [0.05, 0.1) is 66.1 Å². The number of β-amino-alcohol motifs (C(OH)–C–C–N with tert-alkyl or cyclic N) is 1. The lowest BCUT2D eigenvalue weighted by molar-refractivity contribution is -0.144. The number of carbonyl (C=O) groups excluding carboxylic acids is 4. The number of anilines is 2. The first-order chi connectivity index (χ1) is 33.6. The molecule has 20 heteroatoms. The normalized spacial score (nSPS) is 16.8. The van der Waals surface area contributed by atoms with Gasteiger partial charge < -0.3 is 45.1 Å². The lowest BCUT2D eigenvalue weighted by atomic mass is 9.85. The van der Waals surface area contributed by atoms with Crippen LogP contribution in [0.4, 0.5) is 15.9 Å². The molecule has 17 nitrogen and oxygen atoms in total. The molecule has 4 amide bonds. The molecule has 2 aliphatic rings. The Hall–Kier alpha value is -5.99. The number of benzene rings is 3. The number of aliphatic hydroxyl groups is 1. The predicted octanol–water partition coefficient (Wildman–Crippen LogP) is 6.13. The first-order valence-electron chi connectivity index (χ1n) is 23.4. The highest BCUT2D eigenvalue weighted by molar-refractivity contribution is 7.13. The Morgan fingerprint density at radius 1 is 0.957 bits per heavy atom. The number of hydrogen-bond donors (Lipinski definition) is 4. The third kappa shape index (κ3) is 13.4. The van der Waals surface area contributed by atoms with Gasteiger partial charge in [0.15, 0.2) is 11.5 Å². The fraction of sp³-hybridized carbons (Fsp3) is 0.460. The second kappa shape index (κ2) is 23.7. The van der Waals surface area contributed by atoms with Crippen LogP contribution < -0.4 is 25.4 Å². The van der Waals surface area contributed by atoms with Gasteiger partial charge in [-0.15, -0.1) is 11.3 Å². The highest BCUT2D eigenvalue weighted by Crippen LogP contribution is 2.36. The Kier molecular flexibility index (Phi) is 17.6. The number of carbonyl (C=O) groups is 4. The van der Waals surface area contributed by atoms with Gasteiger partial charge in [0.25, 0.3) is 0 Å². The van der Waals surface area contributed by atoms with Crippen molar-refractivity contribution in [3.63, 3.8) is 0 Å². The monoisotopic (exact) mass is 1000 g/mol. The molecular formula is C50H61ClFN9O8S. The summed E-state index contributed by atoms with van der Waals surface area (Å²) in [5.41, 5.74) is 5.19. The van der Waals surface area contributed by atoms with Crippen LogP contribution in [0.5, 0.6) is 11.5 Å². The summed E-state index contributed by atoms with van der Waals surface area (Å²) in [6.07, 6.45) is 1.50. The van der Waals surface area contributed by atoms with Gasteiger partial charge in [-0.2, -0.15) is 0 Å². The van der Waals surface area contributed by atoms with Crippen LogP contribution in [0.3, 0.4) is 0 Å². The van der Waals surface area contributed by atoms with Crippen molar-refractivity contribution >= 4 is 69.0 Å². The first kappa shape index (κ1) is 51.8. The molecular weight excluding hydrogens is 941 g/mol. The number of fused-ring (bicyclic) bond motifs is 1. The topological polar surface area (TPSA) is 201 Å². The third-order valence-electron chi connectivity index (χ3n) is 12.3. The van der Waals surface area contributed by atoms with Crippen molar-refractivity contribution in [2.24, 2.45) is 5.41 Å². The van der Waals surface area contributed by atoms with Crippen LogP contribution >= 0.6 is 22.9 Å². The van der Waals surface area contributed by atoms with E-state index in [4.69, 9.17) is 25.8 Å². The average Bonchev–Trinajstić information content (AvgIpc) is 3.97. The SMILES string of the molecule is COc1cc2ncnc(Nc3ccc(F)c(Cl)c3)c2cc1OCCCN1CCN(C(=O)CCOCCC(=O)N[C@H](C(=O)N2C[C@H](O)C[C@H]2C(=O)NCc2ccc(-c3scnc3C)cc2)C(C)(C)C)CC1. The number of nitrogens with one attached hydrogen (secondary N) is 3. The summed E-state index contributed by atoms with van der Waals surface area (Å²) < 4.78 is 31.2. The molecule has 0 spiro atoms. The Bertz CT molecular complexity index is 2630. The molecule has 4 heterocycles. The molecule has 2 aliphatic heterocycles. The van der Waals surface area contributed by atoms with E-state index in [1.165, 1.54) is 23.4 Å². The van der Waals surface area contributed by atoms with Crippen molar-refractivity contribution in [1.29, 1.82) is 0 Å². The lowest BCUT2D eigenvalue weighted by Gasteiger charge is -2.35. The molecule has 2 aromatic heterocycles. The standard InChI is InChI=1S/C50H61ClFN9O8S/c1-31-45(70-30-56-31)33-9-7-32(8-10-33)27-53-48(65)40-24-35(62)28-61(40)49(66)46(50(2,3)4)58-43(63)13-21-68-22-14-44(64)60-18-16-59(17-19-60)15-6-20-69-42-25-36-39(26-41(42)67-5)54-29-55-47(36)57-34-11-12-38(52)37(51)23-34/h7-12,23,25-26,29-30,35,40,46,62H,6,13-22,24,27-28H2,1-5H3,(H,53,65)(H,58,63)(H,54,55,57)/t35-,40+,46-/m1/s1. The number of aromatic nitrogens is 3. The number of rotatable bonds is 20. The minimum atomic E-state index is -0.965. The van der Waals surface area contributed by atoms with Gasteiger partial charge in [0.1, 0.15) is 30.0 Å². The zero-order valence-corrected chi connectivity index (χ0v) is 41.7. The van der Waals surface area contributed by atoms with Crippen molar-refractivity contribution in [2.75, 3.05) is 71.5 Å². The fourth-order valence-corrected chi connectivity index (χ4v) is 9.43. The molecule has 0 aliphatic carbocycles. The summed E-state index contributed by atoms with van der Waals surface area (Å²) in [5.74, 6) is -0.217. The fourth-order valence-electron chi connectivity index (χ4n) is 8.44. The number of thiazole rings is 1. The van der Waals surface area contributed by atoms with Crippen LogP contribution in [-0.2, 0) is 30.5 Å². The number of ether oxygens (including phenoxy) is 3. The quantitative estimate of drug-likeness (QED) is 0.0651. The first-order valence-corrected chi connectivity index (χ1v) is 24.6. The van der Waals surface area contributed by atoms with Gasteiger partial charge >= 0.3 is 0 Å². The molecule has 70 heavy (non-hydrogen) atoms. The molecule has 5 aromatic rings. The van der Waals surface area contributed by atoms with E-state index in [1.54, 1.807) is 30.6 Å². The number of likely N-dealkylation sites (tertiary alicyclic amines) is 1. The average molecular weight is 1000 g/mol. The summed E-state index contributed by atoms with van der Waals surface area (Å²) in [4.78, 5) is 73.3. The molecule has 0 bridgehead atoms. The van der Waals surface area contributed by atoms with E-state index >= 15 is 0 Å². The summed E-state index contributed by atoms with van der Waals surface area (Å²) in [7, 11) is 1.56. The number of aryl methyl sites for hydroxylation is 1. The van der Waals surface area contributed by atoms with Crippen LogP contribution in [0.1, 0.15) is 57.7 Å². The van der Waals surface area contributed by atoms with E-state index in [9.17, 15) is 28.7 Å². The summed E-state index contributed by atoms with van der Waals surface area (Å²) in [6.45, 7) is 11.7. The molecule has 374 valence electrons. The van der Waals surface area contributed by atoms with Crippen molar-refractivity contribution in [3.05, 3.63) is 88.5 Å². The van der Waals surface area contributed by atoms with E-state index in [2.05, 4.69) is 35.8 Å². The Labute approximate surface area is 416 Å². The highest BCUT2D eigenvalue weighted by atomic mass is 35.5. The molecule has 4 N–H and O–H groups in total. The smallest absolute Gasteiger partial charge is 0.246 e. The third-order valence-corrected chi connectivity index (χ3v) is 13.6. The predicted molar refractivity (Wildman–Crippen MR) is 266 cm³/mol. The lowest BCUT2D eigenvalue weighted by Crippen LogP contribution is -2.57. The molecule has 3 aromatic carbocycles. The zero-order chi connectivity index (χ0) is 50.0. The zero-order valence-electron chi connectivity index (χ0n) is 40.1. The van der Waals surface area contributed by atoms with Crippen LogP contribution in [0.15, 0.2) is 66.4 Å². The van der Waals surface area contributed by atoms with Crippen LogP contribution in [0.25, 0.3) is 21.3 Å². The number of halogens is 2. The molecule has 0 saturated carbocycles. The Morgan fingerprint density at radius 2 is 1.71 bits per heavy atom. The maximum Gasteiger partial charge on any atom is 0.246 e. The van der Waals surface area contributed by atoms with Gasteiger partial charge in [-0.1, -0.05) is 56.6 Å². The van der Waals surface area contributed by atoms with E-state index in [-0.39, 0.29) is 62.4 Å². The minimum Gasteiger partial charge on any atom is -0.493 e. The summed E-state index contributed by atoms with van der Waals surface area (Å²) >= 11 is 7.55. The van der Waals surface area contributed by atoms with E-state index in [0.29, 0.717) is 66.7 Å². The second-order valence-corrected chi connectivity index (χ2v) is 19.7. The second-order valence-electron chi connectivity index (χ2n) is 18.5. The molecule has 0 unspecified atom stereocenters. The van der Waals surface area contributed by atoms with Gasteiger partial charge in [0, 0.05) is 75.8 Å². The maximum atomic E-state index is 14.0. The molecule has 0 radical (unpaired) electrons. The van der Waals surface area contributed by atoms with Crippen molar-refractivity contribution in [2.45, 2.75) is 78.1 Å². The Balaban J connectivity index is 0.793. The molecule has 7 rings (SSSR count). The number of hydrogen-bond acceptors (Lipinski definition) is 14. The highest BCUT2D eigenvalue weighted by Gasteiger charge is 2.44. The number of nitrogens with zero attached hydrogens (tertiary/aromatic N) is 6. The maximum absolute atomic E-state index is 14.0. The number of aliphatic hydroxyl groups excluding tert-OH is 1. The largest absolute Gasteiger partial charge is 0.493 e. The van der Waals surface area contributed by atoms with Crippen molar-refractivity contribution in [1.82, 2.24) is 40.3 Å². The van der Waals surface area contributed by atoms with Crippen LogP contribution in [0.2, 0.25) is 5.02 Å². The van der Waals surface area contributed by atoms with Crippen molar-refractivity contribution in [3.8, 4) is 21.9 Å². The van der Waals surface area contributed by atoms with Crippen molar-refractivity contribution < 1.29 is 42.9 Å². The molecule has 2 fully saturated rings. The van der Waals surface area contributed by atoms with Crippen LogP contribution in [-0.4, -0.2) is 143 Å². The molecule has 2 saturated heterocycles.